The van der Waals surface area contributed by atoms with E-state index in [9.17, 15) is 9.18 Å². The van der Waals surface area contributed by atoms with Gasteiger partial charge in [-0.3, -0.25) is 4.79 Å². The van der Waals surface area contributed by atoms with Crippen LogP contribution < -0.4 is 5.32 Å². The summed E-state index contributed by atoms with van der Waals surface area (Å²) in [6.07, 6.45) is 0. The number of nitrogens with one attached hydrogen (secondary N) is 1. The number of halogens is 3. The van der Waals surface area contributed by atoms with Crippen LogP contribution in [0.1, 0.15) is 10.4 Å². The molecule has 0 bridgehead atoms. The monoisotopic (exact) mass is 359 g/mol. The van der Waals surface area contributed by atoms with Crippen LogP contribution in [-0.2, 0) is 0 Å². The van der Waals surface area contributed by atoms with Crippen molar-refractivity contribution in [1.82, 2.24) is 0 Å². The van der Waals surface area contributed by atoms with Gasteiger partial charge in [-0.25, -0.2) is 4.39 Å². The molecule has 2 nitrogen and oxygen atoms in total. The van der Waals surface area contributed by atoms with E-state index >= 15 is 0 Å². The Morgan fingerprint density at radius 3 is 2.79 bits per heavy atom. The van der Waals surface area contributed by atoms with Crippen LogP contribution in [0.25, 0.3) is 0 Å². The van der Waals surface area contributed by atoms with Crippen LogP contribution in [0.4, 0.5) is 10.1 Å². The number of rotatable bonds is 2. The molecule has 1 N–H and O–H groups in total. The molecule has 0 fully saturated rings. The molecule has 0 spiro atoms. The zero-order valence-electron chi connectivity index (χ0n) is 9.45. The Labute approximate surface area is 128 Å². The van der Waals surface area contributed by atoms with Gasteiger partial charge < -0.3 is 5.32 Å². The van der Waals surface area contributed by atoms with Crippen LogP contribution in [0.5, 0.6) is 0 Å². The zero-order chi connectivity index (χ0) is 14.0. The first-order chi connectivity index (χ1) is 8.99. The second-order valence-electron chi connectivity index (χ2n) is 3.72. The molecule has 0 aliphatic rings. The van der Waals surface area contributed by atoms with Gasteiger partial charge in [-0.05, 0) is 46.3 Å². The minimum atomic E-state index is -0.657. The maximum Gasteiger partial charge on any atom is 0.256 e. The summed E-state index contributed by atoms with van der Waals surface area (Å²) < 4.78 is 14.3. The molecule has 2 aromatic carbocycles. The lowest BCUT2D eigenvalue weighted by Gasteiger charge is -2.09. The summed E-state index contributed by atoms with van der Waals surface area (Å²) >= 11 is 13.1. The van der Waals surface area contributed by atoms with Gasteiger partial charge in [0.15, 0.2) is 5.82 Å². The molecule has 0 saturated carbocycles. The summed E-state index contributed by atoms with van der Waals surface area (Å²) in [4.78, 5) is 12.7. The van der Waals surface area contributed by atoms with Crippen molar-refractivity contribution in [2.75, 3.05) is 5.32 Å². The van der Waals surface area contributed by atoms with E-state index in [-0.39, 0.29) is 10.7 Å². The smallest absolute Gasteiger partial charge is 0.256 e. The Morgan fingerprint density at radius 2 is 2.05 bits per heavy atom. The first kappa shape index (κ1) is 14.4. The average molecular weight is 361 g/mol. The number of benzene rings is 2. The molecule has 0 aromatic heterocycles. The van der Waals surface area contributed by atoms with E-state index in [1.807, 2.05) is 0 Å². The summed E-state index contributed by atoms with van der Waals surface area (Å²) in [5.41, 5.74) is 0.404. The second kappa shape index (κ2) is 5.94. The van der Waals surface area contributed by atoms with Crippen molar-refractivity contribution in [3.05, 3.63) is 57.3 Å². The van der Waals surface area contributed by atoms with Crippen LogP contribution in [-0.4, -0.2) is 5.91 Å². The molecule has 19 heavy (non-hydrogen) atoms. The molecule has 2 rings (SSSR count). The number of carbonyl (C=O) groups excluding carboxylic acids is 1. The number of amides is 1. The van der Waals surface area contributed by atoms with Gasteiger partial charge in [-0.1, -0.05) is 17.7 Å². The number of carbonyl (C=O) groups is 1. The number of hydrogen-bond donors (Lipinski definition) is 2. The topological polar surface area (TPSA) is 29.1 Å². The van der Waals surface area contributed by atoms with Crippen LogP contribution in [0, 0.1) is 5.82 Å². The quantitative estimate of drug-likeness (QED) is 0.741. The molecule has 2 aromatic rings. The lowest BCUT2D eigenvalue weighted by atomic mass is 10.2. The van der Waals surface area contributed by atoms with Crippen molar-refractivity contribution in [1.29, 1.82) is 0 Å². The average Bonchev–Trinajstić information content (AvgIpc) is 2.38. The van der Waals surface area contributed by atoms with Crippen molar-refractivity contribution in [2.24, 2.45) is 0 Å². The number of thiol groups is 1. The largest absolute Gasteiger partial charge is 0.319 e. The van der Waals surface area contributed by atoms with Crippen molar-refractivity contribution < 1.29 is 9.18 Å². The Bertz CT molecular complexity index is 651. The van der Waals surface area contributed by atoms with E-state index in [0.29, 0.717) is 14.9 Å². The van der Waals surface area contributed by atoms with Gasteiger partial charge in [-0.15, -0.1) is 12.6 Å². The highest BCUT2D eigenvalue weighted by Crippen LogP contribution is 2.25. The van der Waals surface area contributed by atoms with Gasteiger partial charge in [0.2, 0.25) is 0 Å². The third-order valence-corrected chi connectivity index (χ3v) is 3.66. The highest BCUT2D eigenvalue weighted by atomic mass is 79.9. The van der Waals surface area contributed by atoms with E-state index in [2.05, 4.69) is 33.9 Å². The van der Waals surface area contributed by atoms with Crippen LogP contribution in [0.15, 0.2) is 45.8 Å². The fourth-order valence-electron chi connectivity index (χ4n) is 1.48. The van der Waals surface area contributed by atoms with Crippen molar-refractivity contribution >= 4 is 51.8 Å². The number of hydrogen-bond acceptors (Lipinski definition) is 2. The molecule has 6 heteroatoms. The lowest BCUT2D eigenvalue weighted by molar-refractivity contribution is 0.102. The lowest BCUT2D eigenvalue weighted by Crippen LogP contribution is -2.13. The molecule has 0 aliphatic heterocycles. The normalized spacial score (nSPS) is 10.3. The standard InChI is InChI=1S/C13H8BrClFNOS/c14-9-5-4-7(19)6-8(9)13(18)17-11-3-1-2-10(15)12(11)16/h1-6,19H,(H,17,18). The fraction of sp³-hybridized carbons (Fsp3) is 0. The van der Waals surface area contributed by atoms with E-state index in [4.69, 9.17) is 11.6 Å². The van der Waals surface area contributed by atoms with E-state index < -0.39 is 11.7 Å². The fourth-order valence-corrected chi connectivity index (χ4v) is 2.28. The van der Waals surface area contributed by atoms with E-state index in [0.717, 1.165) is 0 Å². The van der Waals surface area contributed by atoms with Gasteiger partial charge in [0.1, 0.15) is 0 Å². The molecular weight excluding hydrogens is 353 g/mol. The highest BCUT2D eigenvalue weighted by molar-refractivity contribution is 9.10. The first-order valence-electron chi connectivity index (χ1n) is 5.23. The predicted molar refractivity (Wildman–Crippen MR) is 80.8 cm³/mol. The summed E-state index contributed by atoms with van der Waals surface area (Å²) in [7, 11) is 0. The Balaban J connectivity index is 2.31. The van der Waals surface area contributed by atoms with E-state index in [1.165, 1.54) is 12.1 Å². The Morgan fingerprint density at radius 1 is 1.32 bits per heavy atom. The molecule has 98 valence electrons. The molecule has 0 radical (unpaired) electrons. The number of anilines is 1. The maximum atomic E-state index is 13.7. The second-order valence-corrected chi connectivity index (χ2v) is 5.50. The minimum absolute atomic E-state index is 0.0361. The molecule has 0 aliphatic carbocycles. The third kappa shape index (κ3) is 3.29. The molecule has 0 heterocycles. The van der Waals surface area contributed by atoms with Gasteiger partial charge in [0.05, 0.1) is 16.3 Å². The van der Waals surface area contributed by atoms with Crippen LogP contribution in [0.2, 0.25) is 5.02 Å². The summed E-state index contributed by atoms with van der Waals surface area (Å²) in [6, 6.07) is 9.44. The molecule has 0 unspecified atom stereocenters. The van der Waals surface area contributed by atoms with Crippen LogP contribution in [0.3, 0.4) is 0 Å². The summed E-state index contributed by atoms with van der Waals surface area (Å²) in [5.74, 6) is -1.10. The van der Waals surface area contributed by atoms with Crippen molar-refractivity contribution in [2.45, 2.75) is 4.90 Å². The first-order valence-corrected chi connectivity index (χ1v) is 6.84. The van der Waals surface area contributed by atoms with Gasteiger partial charge >= 0.3 is 0 Å². The van der Waals surface area contributed by atoms with Gasteiger partial charge in [0, 0.05) is 9.37 Å². The predicted octanol–water partition coefficient (Wildman–Crippen LogP) is 4.78. The third-order valence-electron chi connectivity index (χ3n) is 2.39. The Kier molecular flexibility index (Phi) is 4.50. The SMILES string of the molecule is O=C(Nc1cccc(Cl)c1F)c1cc(S)ccc1Br. The van der Waals surface area contributed by atoms with E-state index in [1.54, 1.807) is 24.3 Å². The van der Waals surface area contributed by atoms with Crippen LogP contribution >= 0.6 is 40.2 Å². The molecule has 0 saturated heterocycles. The molecular formula is C13H8BrClFNOS. The van der Waals surface area contributed by atoms with Gasteiger partial charge in [0.25, 0.3) is 5.91 Å². The molecule has 1 amide bonds. The van der Waals surface area contributed by atoms with Crippen molar-refractivity contribution in [3.8, 4) is 0 Å². The van der Waals surface area contributed by atoms with Gasteiger partial charge in [-0.2, -0.15) is 0 Å². The minimum Gasteiger partial charge on any atom is -0.319 e. The highest BCUT2D eigenvalue weighted by Gasteiger charge is 2.14. The maximum absolute atomic E-state index is 13.7. The summed E-state index contributed by atoms with van der Waals surface area (Å²) in [6.45, 7) is 0. The zero-order valence-corrected chi connectivity index (χ0v) is 12.7. The molecule has 0 atom stereocenters. The van der Waals surface area contributed by atoms with Crippen molar-refractivity contribution in [3.63, 3.8) is 0 Å². The summed E-state index contributed by atoms with van der Waals surface area (Å²) in [5, 5.41) is 2.43. The Hall–Kier alpha value is -1.04.